The zero-order chi connectivity index (χ0) is 12.7. The zero-order valence-electron chi connectivity index (χ0n) is 11.1. The Morgan fingerprint density at radius 1 is 0.733 bits per heavy atom. The first kappa shape index (κ1) is 16.3. The van der Waals surface area contributed by atoms with E-state index in [-0.39, 0.29) is 10.3 Å². The van der Waals surface area contributed by atoms with E-state index in [1.807, 2.05) is 0 Å². The van der Waals surface area contributed by atoms with Gasteiger partial charge in [0, 0.05) is 10.3 Å². The van der Waals surface area contributed by atoms with E-state index in [0.29, 0.717) is 0 Å². The summed E-state index contributed by atoms with van der Waals surface area (Å²) in [5, 5.41) is 0.0707. The molecule has 0 aliphatic heterocycles. The third-order valence-corrected chi connectivity index (χ3v) is 14.6. The van der Waals surface area contributed by atoms with Crippen LogP contribution in [0.5, 0.6) is 0 Å². The van der Waals surface area contributed by atoms with Crippen LogP contribution in [0.2, 0.25) is 0 Å². The largest absolute Gasteiger partial charge is 0.320 e. The number of hydrogen-bond donors (Lipinski definition) is 0. The Morgan fingerprint density at radius 2 is 0.933 bits per heavy atom. The van der Waals surface area contributed by atoms with Crippen LogP contribution >= 0.6 is 12.5 Å². The Bertz CT molecular complexity index is 291. The Hall–Kier alpha value is 1.26. The highest BCUT2D eigenvalue weighted by Crippen LogP contribution is 2.70. The van der Waals surface area contributed by atoms with E-state index < -0.39 is 12.5 Å². The first-order chi connectivity index (χ1) is 6.21. The lowest BCUT2D eigenvalue weighted by Gasteiger charge is -2.40. The molecule has 0 heterocycles. The maximum absolute atomic E-state index is 6.21. The summed E-state index contributed by atoms with van der Waals surface area (Å²) in [5.41, 5.74) is 0. The fourth-order valence-corrected chi connectivity index (χ4v) is 7.66. The van der Waals surface area contributed by atoms with Gasteiger partial charge in [0.2, 0.25) is 0 Å². The molecule has 1 nitrogen and oxygen atoms in total. The molecule has 0 spiro atoms. The van der Waals surface area contributed by atoms with E-state index in [1.54, 1.807) is 0 Å². The molecule has 0 fully saturated rings. The molecular formula is C10H24OP2S2. The highest BCUT2D eigenvalue weighted by molar-refractivity contribution is 8.20. The molecular weight excluding hydrogens is 262 g/mol. The van der Waals surface area contributed by atoms with Gasteiger partial charge < -0.3 is 4.31 Å². The molecule has 2 atom stereocenters. The van der Waals surface area contributed by atoms with Crippen molar-refractivity contribution in [2.45, 2.75) is 51.9 Å². The van der Waals surface area contributed by atoms with Crippen LogP contribution in [0.1, 0.15) is 41.5 Å². The lowest BCUT2D eigenvalue weighted by Crippen LogP contribution is -2.20. The van der Waals surface area contributed by atoms with Crippen LogP contribution in [0.3, 0.4) is 0 Å². The van der Waals surface area contributed by atoms with E-state index in [0.717, 1.165) is 0 Å². The summed E-state index contributed by atoms with van der Waals surface area (Å²) in [7, 11) is 0. The molecule has 0 aliphatic rings. The van der Waals surface area contributed by atoms with Gasteiger partial charge in [0.05, 0.1) is 12.5 Å². The van der Waals surface area contributed by atoms with E-state index >= 15 is 0 Å². The normalized spacial score (nSPS) is 21.9. The topological polar surface area (TPSA) is 9.23 Å². The summed E-state index contributed by atoms with van der Waals surface area (Å²) < 4.78 is 6.21. The molecule has 92 valence electrons. The van der Waals surface area contributed by atoms with Crippen molar-refractivity contribution in [3.63, 3.8) is 0 Å². The van der Waals surface area contributed by atoms with Gasteiger partial charge in [-0.15, -0.1) is 0 Å². The van der Waals surface area contributed by atoms with Gasteiger partial charge in [0.25, 0.3) is 0 Å². The molecule has 0 aliphatic carbocycles. The third-order valence-electron chi connectivity index (χ3n) is 2.75. The third kappa shape index (κ3) is 4.21. The molecule has 2 unspecified atom stereocenters. The second-order valence-corrected chi connectivity index (χ2v) is 17.0. The predicted octanol–water partition coefficient (Wildman–Crippen LogP) is 4.65. The van der Waals surface area contributed by atoms with Crippen molar-refractivity contribution in [3.05, 3.63) is 0 Å². The molecule has 0 aromatic rings. The smallest absolute Gasteiger partial charge is 0.0751 e. The van der Waals surface area contributed by atoms with Crippen molar-refractivity contribution >= 4 is 36.1 Å². The standard InChI is InChI=1S/C10H24OP2S2/c1-9(2,3)12(7,14)11-13(8,15)10(4,5)6/h1-8H3. The van der Waals surface area contributed by atoms with Crippen LogP contribution in [0.4, 0.5) is 0 Å². The SMILES string of the molecule is CC(C)(C)P(C)(=S)OP(C)(=S)C(C)(C)C. The average Bonchev–Trinajstić information content (AvgIpc) is 1.77. The molecule has 0 rings (SSSR count). The summed E-state index contributed by atoms with van der Waals surface area (Å²) in [6, 6.07) is 0. The monoisotopic (exact) mass is 286 g/mol. The van der Waals surface area contributed by atoms with Crippen molar-refractivity contribution < 1.29 is 4.31 Å². The van der Waals surface area contributed by atoms with Crippen molar-refractivity contribution in [3.8, 4) is 0 Å². The van der Waals surface area contributed by atoms with Crippen molar-refractivity contribution in [1.82, 2.24) is 0 Å². The summed E-state index contributed by atoms with van der Waals surface area (Å²) in [6.07, 6.45) is -3.63. The van der Waals surface area contributed by atoms with Gasteiger partial charge in [-0.1, -0.05) is 65.2 Å². The van der Waals surface area contributed by atoms with Crippen LogP contribution < -0.4 is 0 Å². The summed E-state index contributed by atoms with van der Waals surface area (Å²) in [6.45, 7) is 17.0. The maximum Gasteiger partial charge on any atom is 0.0751 e. The molecule has 0 saturated heterocycles. The molecule has 0 aromatic carbocycles. The first-order valence-corrected chi connectivity index (χ1v) is 11.4. The average molecular weight is 286 g/mol. The summed E-state index contributed by atoms with van der Waals surface area (Å²) in [5.74, 6) is 0. The minimum Gasteiger partial charge on any atom is -0.320 e. The van der Waals surface area contributed by atoms with E-state index in [1.165, 1.54) is 0 Å². The maximum atomic E-state index is 6.21. The Balaban J connectivity index is 5.08. The van der Waals surface area contributed by atoms with Crippen LogP contribution in [-0.4, -0.2) is 23.6 Å². The molecule has 0 radical (unpaired) electrons. The molecule has 0 saturated carbocycles. The minimum atomic E-state index is -1.82. The van der Waals surface area contributed by atoms with Gasteiger partial charge >= 0.3 is 0 Å². The second-order valence-electron chi connectivity index (χ2n) is 6.12. The Labute approximate surface area is 106 Å². The summed E-state index contributed by atoms with van der Waals surface area (Å²) in [4.78, 5) is 0. The van der Waals surface area contributed by atoms with Crippen LogP contribution in [0, 0.1) is 0 Å². The molecule has 0 N–H and O–H groups in total. The zero-order valence-corrected chi connectivity index (χ0v) is 14.5. The quantitative estimate of drug-likeness (QED) is 0.684. The van der Waals surface area contributed by atoms with Gasteiger partial charge in [-0.25, -0.2) is 0 Å². The van der Waals surface area contributed by atoms with Crippen LogP contribution in [-0.2, 0) is 27.9 Å². The van der Waals surface area contributed by atoms with E-state index in [2.05, 4.69) is 54.9 Å². The lowest BCUT2D eigenvalue weighted by molar-refractivity contribution is 0.591. The highest BCUT2D eigenvalue weighted by atomic mass is 32.5. The Morgan fingerprint density at radius 3 is 1.07 bits per heavy atom. The van der Waals surface area contributed by atoms with Crippen molar-refractivity contribution in [1.29, 1.82) is 0 Å². The van der Waals surface area contributed by atoms with Crippen molar-refractivity contribution in [2.24, 2.45) is 0 Å². The van der Waals surface area contributed by atoms with Crippen LogP contribution in [0.25, 0.3) is 0 Å². The summed E-state index contributed by atoms with van der Waals surface area (Å²) >= 11 is 11.3. The Kier molecular flexibility index (Phi) is 4.88. The lowest BCUT2D eigenvalue weighted by atomic mass is 10.3. The molecule has 0 bridgehead atoms. The molecule has 0 aromatic heterocycles. The highest BCUT2D eigenvalue weighted by Gasteiger charge is 2.37. The fourth-order valence-electron chi connectivity index (χ4n) is 0.542. The minimum absolute atomic E-state index is 0.0354. The number of hydrogen-bond acceptors (Lipinski definition) is 3. The van der Waals surface area contributed by atoms with E-state index in [4.69, 9.17) is 27.9 Å². The van der Waals surface area contributed by atoms with Gasteiger partial charge in [-0.2, -0.15) is 0 Å². The van der Waals surface area contributed by atoms with Gasteiger partial charge in [0.15, 0.2) is 0 Å². The van der Waals surface area contributed by atoms with E-state index in [9.17, 15) is 0 Å². The second kappa shape index (κ2) is 4.50. The number of rotatable bonds is 2. The molecule has 0 amide bonds. The molecule has 5 heteroatoms. The van der Waals surface area contributed by atoms with Crippen molar-refractivity contribution in [2.75, 3.05) is 13.3 Å². The molecule has 15 heavy (non-hydrogen) atoms. The predicted molar refractivity (Wildman–Crippen MR) is 81.0 cm³/mol. The van der Waals surface area contributed by atoms with Gasteiger partial charge in [-0.3, -0.25) is 0 Å². The fraction of sp³-hybridized carbons (Fsp3) is 1.00. The van der Waals surface area contributed by atoms with Gasteiger partial charge in [0.1, 0.15) is 0 Å². The van der Waals surface area contributed by atoms with Crippen LogP contribution in [0.15, 0.2) is 0 Å². The first-order valence-electron chi connectivity index (χ1n) is 5.07. The van der Waals surface area contributed by atoms with Gasteiger partial charge in [-0.05, 0) is 13.3 Å².